The lowest BCUT2D eigenvalue weighted by molar-refractivity contribution is -0.118. The van der Waals surface area contributed by atoms with Crippen LogP contribution < -0.4 is 4.72 Å². The number of carbonyl (C=O) groups is 1. The van der Waals surface area contributed by atoms with Gasteiger partial charge >= 0.3 is 0 Å². The monoisotopic (exact) mass is 273 g/mol. The maximum absolute atomic E-state index is 11.8. The Morgan fingerprint density at radius 1 is 1.33 bits per heavy atom. The Hall–Kier alpha value is -1.37. The van der Waals surface area contributed by atoms with E-state index in [-0.39, 0.29) is 6.42 Å². The lowest BCUT2D eigenvalue weighted by Crippen LogP contribution is -2.43. The van der Waals surface area contributed by atoms with Gasteiger partial charge in [0, 0.05) is 11.3 Å². The number of aromatic nitrogens is 2. The fraction of sp³-hybridized carbons (Fsp3) is 0.636. The average molecular weight is 273 g/mol. The quantitative estimate of drug-likeness (QED) is 0.852. The fourth-order valence-corrected chi connectivity index (χ4v) is 2.01. The summed E-state index contributed by atoms with van der Waals surface area (Å²) in [7, 11) is -3.66. The highest BCUT2D eigenvalue weighted by Crippen LogP contribution is 2.14. The van der Waals surface area contributed by atoms with E-state index in [1.807, 2.05) is 0 Å². The van der Waals surface area contributed by atoms with Crippen LogP contribution in [0, 0.1) is 13.8 Å². The third-order valence-corrected chi connectivity index (χ3v) is 4.78. The molecule has 0 aliphatic carbocycles. The molecule has 2 N–H and O–H groups in total. The number of hydrogen-bond acceptors (Lipinski definition) is 4. The third kappa shape index (κ3) is 3.10. The number of hydrogen-bond donors (Lipinski definition) is 2. The van der Waals surface area contributed by atoms with Crippen molar-refractivity contribution in [3.8, 4) is 0 Å². The number of nitrogens with zero attached hydrogens (tertiary/aromatic N) is 1. The maximum Gasteiger partial charge on any atom is 0.239 e. The predicted molar refractivity (Wildman–Crippen MR) is 68.6 cm³/mol. The van der Waals surface area contributed by atoms with Gasteiger partial charge < -0.3 is 0 Å². The van der Waals surface area contributed by atoms with E-state index < -0.39 is 20.7 Å². The first-order valence-corrected chi connectivity index (χ1v) is 7.08. The van der Waals surface area contributed by atoms with Crippen LogP contribution in [-0.2, 0) is 21.2 Å². The lowest BCUT2D eigenvalue weighted by Gasteiger charge is -2.19. The van der Waals surface area contributed by atoms with Crippen LogP contribution in [0.4, 0.5) is 0 Å². The molecule has 0 aliphatic heterocycles. The molecular formula is C11H19N3O3S. The number of H-pyrrole nitrogens is 1. The molecule has 0 saturated carbocycles. The summed E-state index contributed by atoms with van der Waals surface area (Å²) in [5.74, 6) is -0.544. The minimum absolute atomic E-state index is 0.00345. The molecule has 18 heavy (non-hydrogen) atoms. The van der Waals surface area contributed by atoms with Crippen LogP contribution in [0.3, 0.4) is 0 Å². The highest BCUT2D eigenvalue weighted by molar-refractivity contribution is 7.91. The van der Waals surface area contributed by atoms with Crippen molar-refractivity contribution in [2.45, 2.75) is 45.8 Å². The number of amides is 1. The van der Waals surface area contributed by atoms with Gasteiger partial charge in [-0.05, 0) is 34.6 Å². The Morgan fingerprint density at radius 2 is 1.89 bits per heavy atom. The molecule has 1 amide bonds. The summed E-state index contributed by atoms with van der Waals surface area (Å²) >= 11 is 0. The third-order valence-electron chi connectivity index (χ3n) is 2.67. The zero-order valence-corrected chi connectivity index (χ0v) is 12.1. The Bertz CT molecular complexity index is 533. The number of aromatic amines is 1. The van der Waals surface area contributed by atoms with Gasteiger partial charge in [0.2, 0.25) is 15.9 Å². The molecule has 0 bridgehead atoms. The molecule has 1 heterocycles. The molecule has 0 saturated heterocycles. The van der Waals surface area contributed by atoms with Crippen molar-refractivity contribution in [1.29, 1.82) is 0 Å². The van der Waals surface area contributed by atoms with Gasteiger partial charge in [0.25, 0.3) is 0 Å². The molecule has 0 fully saturated rings. The van der Waals surface area contributed by atoms with Crippen molar-refractivity contribution in [2.75, 3.05) is 0 Å². The standard InChI is InChI=1S/C11H19N3O3S/c1-7-9(8(2)13-12-7)6-10(15)14-18(16,17)11(3,4)5/h6H2,1-5H3,(H,12,13)(H,14,15). The summed E-state index contributed by atoms with van der Waals surface area (Å²) in [4.78, 5) is 11.7. The van der Waals surface area contributed by atoms with E-state index in [1.165, 1.54) is 20.8 Å². The zero-order chi connectivity index (χ0) is 14.1. The first-order chi connectivity index (χ1) is 8.04. The van der Waals surface area contributed by atoms with Crippen LogP contribution in [0.15, 0.2) is 0 Å². The van der Waals surface area contributed by atoms with E-state index in [4.69, 9.17) is 0 Å². The van der Waals surface area contributed by atoms with Crippen LogP contribution in [-0.4, -0.2) is 29.3 Å². The summed E-state index contributed by atoms with van der Waals surface area (Å²) in [6.07, 6.45) is 0.00345. The molecule has 1 aromatic rings. The fourth-order valence-electron chi connectivity index (χ4n) is 1.33. The van der Waals surface area contributed by atoms with Crippen molar-refractivity contribution < 1.29 is 13.2 Å². The Morgan fingerprint density at radius 3 is 2.28 bits per heavy atom. The molecule has 0 unspecified atom stereocenters. The molecule has 0 radical (unpaired) electrons. The number of rotatable bonds is 3. The van der Waals surface area contributed by atoms with Gasteiger partial charge in [-0.15, -0.1) is 0 Å². The summed E-state index contributed by atoms with van der Waals surface area (Å²) < 4.78 is 24.7. The van der Waals surface area contributed by atoms with Gasteiger partial charge in [0.05, 0.1) is 16.9 Å². The minimum Gasteiger partial charge on any atom is -0.282 e. The van der Waals surface area contributed by atoms with E-state index in [1.54, 1.807) is 13.8 Å². The Kier molecular flexibility index (Phi) is 3.85. The second-order valence-corrected chi connectivity index (χ2v) is 7.67. The first-order valence-electron chi connectivity index (χ1n) is 5.60. The highest BCUT2D eigenvalue weighted by atomic mass is 32.2. The van der Waals surface area contributed by atoms with Gasteiger partial charge in [0.1, 0.15) is 0 Å². The predicted octanol–water partition coefficient (Wildman–Crippen LogP) is 0.814. The first kappa shape index (κ1) is 14.7. The summed E-state index contributed by atoms with van der Waals surface area (Å²) in [5, 5.41) is 6.72. The van der Waals surface area contributed by atoms with Crippen molar-refractivity contribution in [3.63, 3.8) is 0 Å². The van der Waals surface area contributed by atoms with Crippen LogP contribution in [0.5, 0.6) is 0 Å². The Balaban J connectivity index is 2.81. The molecule has 7 heteroatoms. The van der Waals surface area contributed by atoms with Crippen molar-refractivity contribution in [2.24, 2.45) is 0 Å². The molecule has 0 aliphatic rings. The summed E-state index contributed by atoms with van der Waals surface area (Å²) in [5.41, 5.74) is 2.21. The van der Waals surface area contributed by atoms with Gasteiger partial charge in [-0.2, -0.15) is 5.10 Å². The number of carbonyl (C=O) groups excluding carboxylic acids is 1. The summed E-state index contributed by atoms with van der Waals surface area (Å²) in [6.45, 7) is 8.18. The highest BCUT2D eigenvalue weighted by Gasteiger charge is 2.30. The normalized spacial score (nSPS) is 12.5. The SMILES string of the molecule is Cc1n[nH]c(C)c1CC(=O)NS(=O)(=O)C(C)(C)C. The topological polar surface area (TPSA) is 91.9 Å². The van der Waals surface area contributed by atoms with Gasteiger partial charge in [-0.3, -0.25) is 14.6 Å². The second-order valence-electron chi connectivity index (χ2n) is 5.23. The van der Waals surface area contributed by atoms with Gasteiger partial charge in [-0.1, -0.05) is 0 Å². The molecule has 6 nitrogen and oxygen atoms in total. The molecule has 102 valence electrons. The summed E-state index contributed by atoms with van der Waals surface area (Å²) in [6, 6.07) is 0. The lowest BCUT2D eigenvalue weighted by atomic mass is 10.1. The molecule has 1 rings (SSSR count). The van der Waals surface area contributed by atoms with Crippen LogP contribution in [0.2, 0.25) is 0 Å². The zero-order valence-electron chi connectivity index (χ0n) is 11.3. The largest absolute Gasteiger partial charge is 0.282 e. The second kappa shape index (κ2) is 4.72. The number of nitrogens with one attached hydrogen (secondary N) is 2. The van der Waals surface area contributed by atoms with Crippen molar-refractivity contribution >= 4 is 15.9 Å². The van der Waals surface area contributed by atoms with E-state index in [0.29, 0.717) is 5.69 Å². The van der Waals surface area contributed by atoms with Gasteiger partial charge in [0.15, 0.2) is 0 Å². The van der Waals surface area contributed by atoms with Crippen LogP contribution in [0.1, 0.15) is 37.7 Å². The van der Waals surface area contributed by atoms with E-state index in [0.717, 1.165) is 11.3 Å². The average Bonchev–Trinajstić information content (AvgIpc) is 2.46. The van der Waals surface area contributed by atoms with Crippen LogP contribution in [0.25, 0.3) is 0 Å². The van der Waals surface area contributed by atoms with E-state index in [2.05, 4.69) is 14.9 Å². The van der Waals surface area contributed by atoms with Crippen molar-refractivity contribution in [1.82, 2.24) is 14.9 Å². The maximum atomic E-state index is 11.8. The molecule has 0 aromatic carbocycles. The molecule has 1 aromatic heterocycles. The number of aryl methyl sites for hydroxylation is 2. The minimum atomic E-state index is -3.66. The van der Waals surface area contributed by atoms with Crippen LogP contribution >= 0.6 is 0 Å². The van der Waals surface area contributed by atoms with Crippen molar-refractivity contribution in [3.05, 3.63) is 17.0 Å². The van der Waals surface area contributed by atoms with E-state index in [9.17, 15) is 13.2 Å². The molecule has 0 spiro atoms. The molecular weight excluding hydrogens is 254 g/mol. The number of sulfonamides is 1. The van der Waals surface area contributed by atoms with E-state index >= 15 is 0 Å². The smallest absolute Gasteiger partial charge is 0.239 e. The Labute approximate surface area is 107 Å². The van der Waals surface area contributed by atoms with Gasteiger partial charge in [-0.25, -0.2) is 8.42 Å². The molecule has 0 atom stereocenters.